The smallest absolute Gasteiger partial charge is 0.417 e. The number of halogens is 3. The van der Waals surface area contributed by atoms with Crippen molar-refractivity contribution in [3.63, 3.8) is 0 Å². The number of ether oxygens (including phenoxy) is 4. The number of thiazole rings is 1. The summed E-state index contributed by atoms with van der Waals surface area (Å²) in [6.45, 7) is 9.84. The van der Waals surface area contributed by atoms with Crippen molar-refractivity contribution < 1.29 is 61.2 Å². The average molecular weight is 1000 g/mol. The lowest BCUT2D eigenvalue weighted by molar-refractivity contribution is -0.147. The van der Waals surface area contributed by atoms with Crippen molar-refractivity contribution in [2.24, 2.45) is 5.92 Å². The number of imide groups is 1. The van der Waals surface area contributed by atoms with Crippen LogP contribution in [0, 0.1) is 24.2 Å². The summed E-state index contributed by atoms with van der Waals surface area (Å²) in [5.74, 6) is -1.15. The fourth-order valence-electron chi connectivity index (χ4n) is 8.90. The summed E-state index contributed by atoms with van der Waals surface area (Å²) in [7, 11) is 0. The zero-order chi connectivity index (χ0) is 51.2. The van der Waals surface area contributed by atoms with Crippen molar-refractivity contribution in [2.75, 3.05) is 62.5 Å². The number of alkyl halides is 3. The number of carbonyl (C=O) groups is 5. The molecule has 2 fully saturated rings. The Kier molecular flexibility index (Phi) is 16.3. The Hall–Kier alpha value is -6.66. The highest BCUT2D eigenvalue weighted by Gasteiger charge is 2.53. The first-order valence-corrected chi connectivity index (χ1v) is 24.0. The highest BCUT2D eigenvalue weighted by molar-refractivity contribution is 7.13. The van der Waals surface area contributed by atoms with Crippen molar-refractivity contribution >= 4 is 52.2 Å². The second kappa shape index (κ2) is 22.2. The number of carbonyl (C=O) groups excluding carboxylic acids is 5. The molecule has 0 saturated carbocycles. The molecule has 7 rings (SSSR count). The Morgan fingerprint density at radius 3 is 2.20 bits per heavy atom. The summed E-state index contributed by atoms with van der Waals surface area (Å²) in [6.07, 6.45) is -3.57. The molecule has 3 aliphatic rings. The maximum atomic E-state index is 14.1. The minimum Gasteiger partial charge on any atom is -0.493 e. The number of aromatic nitrogens is 1. The molecule has 16 nitrogen and oxygen atoms in total. The Morgan fingerprint density at radius 2 is 1.58 bits per heavy atom. The first-order chi connectivity index (χ1) is 33.8. The van der Waals surface area contributed by atoms with E-state index >= 15 is 0 Å². The molecule has 0 aliphatic carbocycles. The largest absolute Gasteiger partial charge is 0.493 e. The van der Waals surface area contributed by atoms with Crippen LogP contribution in [0.3, 0.4) is 0 Å². The number of benzene rings is 3. The number of aliphatic hydroxyl groups is 1. The van der Waals surface area contributed by atoms with Gasteiger partial charge in [-0.25, -0.2) is 14.7 Å². The van der Waals surface area contributed by atoms with E-state index in [9.17, 15) is 42.3 Å². The second-order valence-electron chi connectivity index (χ2n) is 18.2. The van der Waals surface area contributed by atoms with Gasteiger partial charge in [-0.05, 0) is 86.7 Å². The molecule has 3 atom stereocenters. The van der Waals surface area contributed by atoms with Gasteiger partial charge in [0, 0.05) is 31.1 Å². The third-order valence-electron chi connectivity index (χ3n) is 12.5. The topological polar surface area (TPSA) is 192 Å². The van der Waals surface area contributed by atoms with Gasteiger partial charge in [-0.3, -0.25) is 24.1 Å². The molecule has 3 aromatic carbocycles. The van der Waals surface area contributed by atoms with Gasteiger partial charge in [0.1, 0.15) is 36.3 Å². The number of amides is 5. The maximum absolute atomic E-state index is 14.1. The molecule has 0 bridgehead atoms. The number of likely N-dealkylation sites (tertiary alicyclic amines) is 1. The Labute approximate surface area is 413 Å². The number of Topliss-reactive ketones (excluding diaryl/α,β-unsaturated/α-hetero) is 1. The van der Waals surface area contributed by atoms with Crippen LogP contribution in [0.25, 0.3) is 10.4 Å². The fraction of sp³-hybridized carbons (Fsp3) is 0.431. The van der Waals surface area contributed by atoms with Gasteiger partial charge in [0.2, 0.25) is 5.91 Å². The number of hydrogen-bond donors (Lipinski definition) is 1. The van der Waals surface area contributed by atoms with Gasteiger partial charge in [0.15, 0.2) is 5.78 Å². The maximum Gasteiger partial charge on any atom is 0.417 e. The van der Waals surface area contributed by atoms with Crippen molar-refractivity contribution in [1.82, 2.24) is 14.8 Å². The molecular weight excluding hydrogens is 946 g/mol. The van der Waals surface area contributed by atoms with Gasteiger partial charge in [-0.2, -0.15) is 18.4 Å². The van der Waals surface area contributed by atoms with Crippen LogP contribution in [-0.2, 0) is 46.0 Å². The van der Waals surface area contributed by atoms with Crippen molar-refractivity contribution in [3.05, 3.63) is 106 Å². The molecule has 376 valence electrons. The molecule has 4 heterocycles. The molecule has 71 heavy (non-hydrogen) atoms. The number of urea groups is 1. The number of ketones is 1. The average Bonchev–Trinajstić information content (AvgIpc) is 4.09. The van der Waals surface area contributed by atoms with E-state index in [0.29, 0.717) is 34.6 Å². The molecule has 5 amide bonds. The predicted molar refractivity (Wildman–Crippen MR) is 255 cm³/mol. The molecule has 0 spiro atoms. The molecule has 2 saturated heterocycles. The van der Waals surface area contributed by atoms with Crippen LogP contribution in [-0.4, -0.2) is 126 Å². The molecule has 0 unspecified atom stereocenters. The number of aryl methyl sites for hydroxylation is 2. The first-order valence-electron chi connectivity index (χ1n) is 23.1. The third kappa shape index (κ3) is 11.8. The van der Waals surface area contributed by atoms with E-state index in [-0.39, 0.29) is 94.8 Å². The summed E-state index contributed by atoms with van der Waals surface area (Å²) in [4.78, 5) is 78.0. The van der Waals surface area contributed by atoms with Crippen LogP contribution < -0.4 is 14.5 Å². The lowest BCUT2D eigenvalue weighted by Crippen LogP contribution is -2.54. The number of aliphatic hydroxyl groups excluding tert-OH is 1. The van der Waals surface area contributed by atoms with E-state index in [1.54, 1.807) is 35.6 Å². The molecule has 1 aromatic heterocycles. The van der Waals surface area contributed by atoms with Crippen LogP contribution in [0.15, 0.2) is 84.1 Å². The summed E-state index contributed by atoms with van der Waals surface area (Å²) >= 11 is 1.57. The van der Waals surface area contributed by atoms with Crippen LogP contribution in [0.4, 0.5) is 29.3 Å². The zero-order valence-corrected chi connectivity index (χ0v) is 40.8. The van der Waals surface area contributed by atoms with Gasteiger partial charge in [0.25, 0.3) is 11.8 Å². The molecule has 1 N–H and O–H groups in total. The van der Waals surface area contributed by atoms with Gasteiger partial charge in [-0.15, -0.1) is 11.3 Å². The Bertz CT molecular complexity index is 2680. The summed E-state index contributed by atoms with van der Waals surface area (Å²) in [6, 6.07) is 15.9. The third-order valence-corrected chi connectivity index (χ3v) is 13.5. The number of anilines is 2. The van der Waals surface area contributed by atoms with Gasteiger partial charge >= 0.3 is 12.2 Å². The first kappa shape index (κ1) is 52.2. The van der Waals surface area contributed by atoms with Crippen LogP contribution >= 0.6 is 11.3 Å². The zero-order valence-electron chi connectivity index (χ0n) is 39.9. The van der Waals surface area contributed by atoms with Crippen molar-refractivity contribution in [2.45, 2.75) is 83.8 Å². The minimum atomic E-state index is -4.88. The normalized spacial score (nSPS) is 18.4. The van der Waals surface area contributed by atoms with E-state index in [1.807, 2.05) is 50.5 Å². The quantitative estimate of drug-likeness (QED) is 0.0659. The monoisotopic (exact) mass is 1000 g/mol. The summed E-state index contributed by atoms with van der Waals surface area (Å²) in [5, 5.41) is 19.8. The second-order valence-corrected chi connectivity index (χ2v) is 19.0. The van der Waals surface area contributed by atoms with Crippen LogP contribution in [0.1, 0.15) is 62.9 Å². The minimum absolute atomic E-state index is 0.00353. The number of β-amino-alcohol motifs (C(OH)–C–C–N with tert-alkyl or cyclic N) is 1. The predicted octanol–water partition coefficient (Wildman–Crippen LogP) is 7.10. The summed E-state index contributed by atoms with van der Waals surface area (Å²) in [5.41, 5.74) is 1.47. The molecule has 0 radical (unpaired) electrons. The van der Waals surface area contributed by atoms with Gasteiger partial charge in [-0.1, -0.05) is 38.1 Å². The molecule has 3 aliphatic heterocycles. The number of nitriles is 1. The summed E-state index contributed by atoms with van der Waals surface area (Å²) < 4.78 is 63.8. The van der Waals surface area contributed by atoms with E-state index < -0.39 is 53.0 Å². The molecule has 20 heteroatoms. The van der Waals surface area contributed by atoms with Crippen molar-refractivity contribution in [3.8, 4) is 22.3 Å². The number of hydrogen-bond acceptors (Lipinski definition) is 13. The van der Waals surface area contributed by atoms with E-state index in [2.05, 4.69) is 4.98 Å². The molecule has 4 aromatic rings. The lowest BCUT2D eigenvalue weighted by atomic mass is 9.98. The van der Waals surface area contributed by atoms with Crippen LogP contribution in [0.2, 0.25) is 0 Å². The molecular formula is C51H55F3N6O10S. The highest BCUT2D eigenvalue weighted by Crippen LogP contribution is 2.40. The fourth-order valence-corrected chi connectivity index (χ4v) is 9.72. The highest BCUT2D eigenvalue weighted by atomic mass is 32.1. The Morgan fingerprint density at radius 1 is 0.930 bits per heavy atom. The van der Waals surface area contributed by atoms with E-state index in [1.165, 1.54) is 40.7 Å². The number of nitrogens with zero attached hydrogens (tertiary/aromatic N) is 6. The number of rotatable bonds is 21. The van der Waals surface area contributed by atoms with E-state index in [4.69, 9.17) is 24.2 Å². The van der Waals surface area contributed by atoms with Crippen LogP contribution in [0.5, 0.6) is 5.75 Å². The van der Waals surface area contributed by atoms with Gasteiger partial charge in [0.05, 0.1) is 84.1 Å². The Balaban J connectivity index is 0.798. The van der Waals surface area contributed by atoms with Crippen molar-refractivity contribution in [1.29, 1.82) is 5.26 Å². The lowest BCUT2D eigenvalue weighted by Gasteiger charge is -2.35. The standard InChI is InChI=1S/C51H55F3N6O10S/c1-31(2)45(47(64)57-28-38(61)25-42(57)43(62)17-8-33-6-9-34(10-7-33)46-32(3)56-30-71-46)58-29-40(26-44(58)63)70-23-21-68-19-18-67-20-22-69-39-15-13-36(14-16-39)60-49(66)59(48(65)50(60,4)5)37-12-11-35(27-55)41(24-37)51(52,53)54/h6-7,9-16,24,26,30-31,38,42,45,61H,8,17-23,25,28-29H2,1-5H3/t38-,42+,45+/m1/s1. The van der Waals surface area contributed by atoms with E-state index in [0.717, 1.165) is 33.8 Å². The van der Waals surface area contributed by atoms with Gasteiger partial charge < -0.3 is 33.9 Å². The SMILES string of the molecule is Cc1ncsc1-c1ccc(CCC(=O)[C@@H]2C[C@@H](O)CN2C(=O)[C@H](C(C)C)N2CC(OCCOCCOCCOc3ccc(N4C(=O)N(c5ccc(C#N)c(C(F)(F)F)c5)C(=O)C4(C)C)cc3)=CC2=O)cc1.